The first kappa shape index (κ1) is 16.4. The van der Waals surface area contributed by atoms with Gasteiger partial charge in [0.15, 0.2) is 0 Å². The Morgan fingerprint density at radius 2 is 2.19 bits per heavy atom. The Balaban J connectivity index is 1.76. The van der Waals surface area contributed by atoms with Crippen LogP contribution in [-0.4, -0.2) is 46.9 Å². The molecule has 1 aromatic rings. The number of thiocarbonyl (C=S) groups is 1. The van der Waals surface area contributed by atoms with Gasteiger partial charge in [0.25, 0.3) is 0 Å². The van der Waals surface area contributed by atoms with Crippen molar-refractivity contribution in [1.82, 2.24) is 9.80 Å². The number of carbonyl (C=O) groups excluding carboxylic acids is 1. The van der Waals surface area contributed by atoms with Gasteiger partial charge in [-0.25, -0.2) is 0 Å². The summed E-state index contributed by atoms with van der Waals surface area (Å²) in [5.74, 6) is 0.169. The van der Waals surface area contributed by atoms with Crippen LogP contribution >= 0.6 is 23.6 Å². The normalized spacial score (nSPS) is 14.4. The summed E-state index contributed by atoms with van der Waals surface area (Å²) in [5, 5.41) is 4.29. The van der Waals surface area contributed by atoms with Crippen LogP contribution < -0.4 is 5.73 Å². The molecule has 2 N–H and O–H groups in total. The molecule has 1 aromatic heterocycles. The lowest BCUT2D eigenvalue weighted by Crippen LogP contribution is -2.34. The number of nitrogens with zero attached hydrogens (tertiary/aromatic N) is 2. The molecule has 4 nitrogen and oxygen atoms in total. The van der Waals surface area contributed by atoms with E-state index in [9.17, 15) is 4.79 Å². The molecule has 0 unspecified atom stereocenters. The molecule has 0 aromatic carbocycles. The topological polar surface area (TPSA) is 49.6 Å². The summed E-state index contributed by atoms with van der Waals surface area (Å²) < 4.78 is 0. The van der Waals surface area contributed by atoms with Gasteiger partial charge in [-0.15, -0.1) is 0 Å². The highest BCUT2D eigenvalue weighted by molar-refractivity contribution is 7.80. The summed E-state index contributed by atoms with van der Waals surface area (Å²) >= 11 is 6.57. The first-order valence-electron chi connectivity index (χ1n) is 7.33. The molecule has 1 amide bonds. The fraction of sp³-hybridized carbons (Fsp3) is 0.600. The molecule has 2 rings (SSSR count). The molecular weight excluding hydrogens is 302 g/mol. The van der Waals surface area contributed by atoms with Crippen molar-refractivity contribution in [3.63, 3.8) is 0 Å². The second kappa shape index (κ2) is 7.87. The Labute approximate surface area is 135 Å². The summed E-state index contributed by atoms with van der Waals surface area (Å²) in [5.41, 5.74) is 6.82. The molecule has 116 valence electrons. The van der Waals surface area contributed by atoms with Crippen LogP contribution in [0.25, 0.3) is 0 Å². The van der Waals surface area contributed by atoms with Crippen molar-refractivity contribution in [1.29, 1.82) is 0 Å². The zero-order valence-electron chi connectivity index (χ0n) is 12.5. The minimum Gasteiger partial charge on any atom is -0.393 e. The fourth-order valence-corrected chi connectivity index (χ4v) is 3.03. The number of amides is 1. The van der Waals surface area contributed by atoms with Gasteiger partial charge in [-0.2, -0.15) is 11.3 Å². The second-order valence-electron chi connectivity index (χ2n) is 5.61. The molecule has 0 bridgehead atoms. The van der Waals surface area contributed by atoms with E-state index in [4.69, 9.17) is 18.0 Å². The second-order valence-corrected chi connectivity index (χ2v) is 6.92. The Bertz CT molecular complexity index is 471. The summed E-state index contributed by atoms with van der Waals surface area (Å²) in [4.78, 5) is 16.8. The highest BCUT2D eigenvalue weighted by Gasteiger charge is 2.29. The average Bonchev–Trinajstić information content (AvgIpc) is 3.17. The van der Waals surface area contributed by atoms with Crippen molar-refractivity contribution < 1.29 is 4.79 Å². The van der Waals surface area contributed by atoms with Crippen LogP contribution in [0.3, 0.4) is 0 Å². The van der Waals surface area contributed by atoms with Gasteiger partial charge < -0.3 is 10.6 Å². The molecule has 1 heterocycles. The zero-order valence-corrected chi connectivity index (χ0v) is 14.1. The summed E-state index contributed by atoms with van der Waals surface area (Å²) in [6.07, 6.45) is 3.68. The van der Waals surface area contributed by atoms with Crippen LogP contribution in [0.5, 0.6) is 0 Å². The van der Waals surface area contributed by atoms with Gasteiger partial charge in [0.05, 0.1) is 4.99 Å². The number of rotatable bonds is 9. The fourth-order valence-electron chi connectivity index (χ4n) is 2.28. The van der Waals surface area contributed by atoms with Gasteiger partial charge in [0.1, 0.15) is 0 Å². The summed E-state index contributed by atoms with van der Waals surface area (Å²) in [7, 11) is 1.82. The van der Waals surface area contributed by atoms with Gasteiger partial charge in [0.2, 0.25) is 5.91 Å². The zero-order chi connectivity index (χ0) is 15.2. The Morgan fingerprint density at radius 3 is 2.76 bits per heavy atom. The van der Waals surface area contributed by atoms with E-state index < -0.39 is 0 Å². The van der Waals surface area contributed by atoms with Gasteiger partial charge in [-0.3, -0.25) is 9.69 Å². The van der Waals surface area contributed by atoms with E-state index >= 15 is 0 Å². The van der Waals surface area contributed by atoms with Crippen LogP contribution in [0.1, 0.15) is 31.2 Å². The predicted molar refractivity (Wildman–Crippen MR) is 91.4 cm³/mol. The number of nitrogens with two attached hydrogens (primary N) is 1. The van der Waals surface area contributed by atoms with E-state index in [0.29, 0.717) is 30.4 Å². The van der Waals surface area contributed by atoms with Gasteiger partial charge in [-0.05, 0) is 35.2 Å². The quantitative estimate of drug-likeness (QED) is 0.708. The number of thiophene rings is 1. The standard InChI is InChI=1S/C15H23N3OS2/c1-17(7-4-14(16)20)15(19)5-8-18(13-2-3-13)10-12-6-9-21-11-12/h6,9,11,13H,2-5,7-8,10H2,1H3,(H2,16,20). The number of hydrogen-bond acceptors (Lipinski definition) is 4. The molecule has 0 radical (unpaired) electrons. The van der Waals surface area contributed by atoms with Crippen LogP contribution in [-0.2, 0) is 11.3 Å². The first-order chi connectivity index (χ1) is 10.1. The van der Waals surface area contributed by atoms with E-state index in [0.717, 1.165) is 13.1 Å². The first-order valence-corrected chi connectivity index (χ1v) is 8.68. The lowest BCUT2D eigenvalue weighted by Gasteiger charge is -2.23. The van der Waals surface area contributed by atoms with Crippen molar-refractivity contribution in [2.75, 3.05) is 20.1 Å². The molecule has 0 saturated heterocycles. The van der Waals surface area contributed by atoms with Crippen LogP contribution in [0.2, 0.25) is 0 Å². The maximum atomic E-state index is 12.1. The van der Waals surface area contributed by atoms with Crippen molar-refractivity contribution in [2.45, 2.75) is 38.3 Å². The monoisotopic (exact) mass is 325 g/mol. The largest absolute Gasteiger partial charge is 0.393 e. The van der Waals surface area contributed by atoms with Crippen LogP contribution in [0, 0.1) is 0 Å². The molecule has 0 aliphatic heterocycles. The molecule has 6 heteroatoms. The summed E-state index contributed by atoms with van der Waals surface area (Å²) in [6, 6.07) is 2.83. The third-order valence-corrected chi connectivity index (χ3v) is 4.70. The molecule has 1 aliphatic rings. The van der Waals surface area contributed by atoms with Gasteiger partial charge >= 0.3 is 0 Å². The van der Waals surface area contributed by atoms with E-state index in [2.05, 4.69) is 21.7 Å². The third kappa shape index (κ3) is 5.73. The molecule has 1 fully saturated rings. The lowest BCUT2D eigenvalue weighted by molar-refractivity contribution is -0.130. The molecule has 21 heavy (non-hydrogen) atoms. The Kier molecular flexibility index (Phi) is 6.14. The van der Waals surface area contributed by atoms with Crippen molar-refractivity contribution in [3.05, 3.63) is 22.4 Å². The number of hydrogen-bond donors (Lipinski definition) is 1. The average molecular weight is 326 g/mol. The molecule has 1 aliphatic carbocycles. The maximum Gasteiger partial charge on any atom is 0.223 e. The minimum absolute atomic E-state index is 0.169. The van der Waals surface area contributed by atoms with Crippen molar-refractivity contribution in [2.24, 2.45) is 5.73 Å². The van der Waals surface area contributed by atoms with E-state index in [1.807, 2.05) is 7.05 Å². The SMILES string of the molecule is CN(CCC(N)=S)C(=O)CCN(Cc1ccsc1)C1CC1. The van der Waals surface area contributed by atoms with Crippen molar-refractivity contribution in [3.8, 4) is 0 Å². The van der Waals surface area contributed by atoms with Crippen molar-refractivity contribution >= 4 is 34.5 Å². The highest BCUT2D eigenvalue weighted by Crippen LogP contribution is 2.28. The minimum atomic E-state index is 0.169. The lowest BCUT2D eigenvalue weighted by atomic mass is 10.2. The molecule has 0 spiro atoms. The Morgan fingerprint density at radius 1 is 1.43 bits per heavy atom. The number of carbonyl (C=O) groups is 1. The van der Waals surface area contributed by atoms with E-state index in [1.165, 1.54) is 18.4 Å². The molecule has 1 saturated carbocycles. The highest BCUT2D eigenvalue weighted by atomic mass is 32.1. The van der Waals surface area contributed by atoms with Gasteiger partial charge in [0, 0.05) is 45.6 Å². The summed E-state index contributed by atoms with van der Waals surface area (Å²) in [6.45, 7) is 2.40. The molecule has 0 atom stereocenters. The maximum absolute atomic E-state index is 12.1. The molecular formula is C15H23N3OS2. The van der Waals surface area contributed by atoms with Crippen LogP contribution in [0.4, 0.5) is 0 Å². The Hall–Kier alpha value is -0.980. The van der Waals surface area contributed by atoms with E-state index in [1.54, 1.807) is 16.2 Å². The smallest absolute Gasteiger partial charge is 0.223 e. The van der Waals surface area contributed by atoms with Crippen LogP contribution in [0.15, 0.2) is 16.8 Å². The third-order valence-electron chi connectivity index (χ3n) is 3.76. The van der Waals surface area contributed by atoms with E-state index in [-0.39, 0.29) is 5.91 Å². The van der Waals surface area contributed by atoms with Gasteiger partial charge in [-0.1, -0.05) is 12.2 Å². The predicted octanol–water partition coefficient (Wildman–Crippen LogP) is 2.24.